The van der Waals surface area contributed by atoms with Crippen molar-refractivity contribution < 1.29 is 8.42 Å². The first-order valence-corrected chi connectivity index (χ1v) is 9.47. The lowest BCUT2D eigenvalue weighted by Crippen LogP contribution is -2.26. The molecule has 3 rings (SSSR count). The molecule has 0 bridgehead atoms. The number of nitrogens with zero attached hydrogens (tertiary/aromatic N) is 3. The number of fused-ring (bicyclic) bond motifs is 1. The van der Waals surface area contributed by atoms with Gasteiger partial charge in [-0.05, 0) is 18.6 Å². The van der Waals surface area contributed by atoms with Gasteiger partial charge in [0.05, 0.1) is 0 Å². The van der Waals surface area contributed by atoms with E-state index in [0.717, 1.165) is 5.56 Å². The highest BCUT2D eigenvalue weighted by Gasteiger charge is 2.22. The highest BCUT2D eigenvalue weighted by molar-refractivity contribution is 7.89. The minimum atomic E-state index is -3.77. The molecule has 0 radical (unpaired) electrons. The van der Waals surface area contributed by atoms with Gasteiger partial charge < -0.3 is 0 Å². The summed E-state index contributed by atoms with van der Waals surface area (Å²) in [5.74, 6) is 0.620. The fraction of sp³-hybridized carbons (Fsp3) is 0.294. The molecule has 0 saturated heterocycles. The highest BCUT2D eigenvalue weighted by Crippen LogP contribution is 2.19. The quantitative estimate of drug-likeness (QED) is 0.749. The van der Waals surface area contributed by atoms with Crippen LogP contribution in [0.4, 0.5) is 0 Å². The van der Waals surface area contributed by atoms with Crippen LogP contribution in [0.5, 0.6) is 0 Å². The third-order valence-electron chi connectivity index (χ3n) is 4.11. The first-order valence-electron chi connectivity index (χ1n) is 7.99. The van der Waals surface area contributed by atoms with E-state index in [4.69, 9.17) is 0 Å². The molecule has 132 valence electrons. The summed E-state index contributed by atoms with van der Waals surface area (Å²) in [6.07, 6.45) is 2.02. The molecule has 0 aliphatic rings. The number of nitrogens with one attached hydrogen (secondary N) is 1. The molecule has 3 aromatic rings. The number of rotatable bonds is 5. The maximum Gasteiger partial charge on any atom is 0.290 e. The average molecular weight is 360 g/mol. The molecule has 0 aliphatic heterocycles. The molecule has 0 saturated carbocycles. The lowest BCUT2D eigenvalue weighted by Gasteiger charge is -2.13. The Hall–Kier alpha value is -2.45. The van der Waals surface area contributed by atoms with Crippen molar-refractivity contribution in [1.82, 2.24) is 18.9 Å². The normalized spacial score (nSPS) is 13.2. The number of hydrogen-bond acceptors (Lipinski definition) is 4. The number of aromatic nitrogens is 3. The Kier molecular flexibility index (Phi) is 4.49. The lowest BCUT2D eigenvalue weighted by atomic mass is 10.1. The SMILES string of the molecule is CCc1nn(C)c(=O)c2cc(S(=O)(=O)N[C@@H](C)c3ccccc3)cn12. The van der Waals surface area contributed by atoms with Crippen LogP contribution in [0.15, 0.2) is 52.3 Å². The Bertz CT molecular complexity index is 1070. The summed E-state index contributed by atoms with van der Waals surface area (Å²) in [7, 11) is -2.22. The molecule has 7 nitrogen and oxygen atoms in total. The molecular formula is C17H20N4O3S. The predicted octanol–water partition coefficient (Wildman–Crippen LogP) is 1.63. The van der Waals surface area contributed by atoms with Gasteiger partial charge in [0.25, 0.3) is 5.56 Å². The van der Waals surface area contributed by atoms with Gasteiger partial charge >= 0.3 is 0 Å². The standard InChI is InChI=1S/C17H20N4O3S/c1-4-16-18-20(3)17(22)15-10-14(11-21(15)16)25(23,24)19-12(2)13-8-6-5-7-9-13/h5-12,19H,4H2,1-3H3/t12-/m0/s1. The van der Waals surface area contributed by atoms with Crippen molar-refractivity contribution in [2.75, 3.05) is 0 Å². The average Bonchev–Trinajstić information content (AvgIpc) is 3.05. The second-order valence-electron chi connectivity index (χ2n) is 5.88. The van der Waals surface area contributed by atoms with E-state index in [0.29, 0.717) is 17.8 Å². The zero-order valence-electron chi connectivity index (χ0n) is 14.3. The number of aryl methyl sites for hydroxylation is 2. The third-order valence-corrected chi connectivity index (χ3v) is 5.62. The van der Waals surface area contributed by atoms with E-state index in [1.54, 1.807) is 18.4 Å². The van der Waals surface area contributed by atoms with Crippen molar-refractivity contribution >= 4 is 15.5 Å². The van der Waals surface area contributed by atoms with E-state index in [1.165, 1.54) is 16.9 Å². The minimum Gasteiger partial charge on any atom is -0.297 e. The second kappa shape index (κ2) is 6.45. The second-order valence-corrected chi connectivity index (χ2v) is 7.60. The van der Waals surface area contributed by atoms with Gasteiger partial charge in [0, 0.05) is 25.7 Å². The predicted molar refractivity (Wildman–Crippen MR) is 95.0 cm³/mol. The fourth-order valence-corrected chi connectivity index (χ4v) is 4.00. The van der Waals surface area contributed by atoms with Gasteiger partial charge in [-0.3, -0.25) is 9.20 Å². The van der Waals surface area contributed by atoms with Crippen LogP contribution in [0.1, 0.15) is 31.3 Å². The molecule has 0 fully saturated rings. The smallest absolute Gasteiger partial charge is 0.290 e. The van der Waals surface area contributed by atoms with E-state index >= 15 is 0 Å². The Morgan fingerprint density at radius 2 is 1.92 bits per heavy atom. The third kappa shape index (κ3) is 3.22. The van der Waals surface area contributed by atoms with Gasteiger partial charge in [-0.25, -0.2) is 17.8 Å². The van der Waals surface area contributed by atoms with Crippen LogP contribution in [-0.4, -0.2) is 22.6 Å². The zero-order valence-corrected chi connectivity index (χ0v) is 15.1. The van der Waals surface area contributed by atoms with Crippen molar-refractivity contribution in [1.29, 1.82) is 0 Å². The van der Waals surface area contributed by atoms with Crippen LogP contribution in [0, 0.1) is 0 Å². The summed E-state index contributed by atoms with van der Waals surface area (Å²) in [5.41, 5.74) is 0.818. The van der Waals surface area contributed by atoms with Gasteiger partial charge in [-0.1, -0.05) is 37.3 Å². The lowest BCUT2D eigenvalue weighted by molar-refractivity contribution is 0.567. The largest absolute Gasteiger partial charge is 0.297 e. The van der Waals surface area contributed by atoms with Crippen LogP contribution < -0.4 is 10.3 Å². The minimum absolute atomic E-state index is 0.0510. The van der Waals surface area contributed by atoms with E-state index < -0.39 is 10.0 Å². The van der Waals surface area contributed by atoms with Gasteiger partial charge in [-0.15, -0.1) is 0 Å². The van der Waals surface area contributed by atoms with Gasteiger partial charge in [-0.2, -0.15) is 5.10 Å². The maximum absolute atomic E-state index is 12.7. The molecular weight excluding hydrogens is 340 g/mol. The summed E-state index contributed by atoms with van der Waals surface area (Å²) in [6, 6.07) is 10.3. The van der Waals surface area contributed by atoms with Crippen molar-refractivity contribution in [3.8, 4) is 0 Å². The molecule has 25 heavy (non-hydrogen) atoms. The van der Waals surface area contributed by atoms with E-state index in [2.05, 4.69) is 9.82 Å². The Morgan fingerprint density at radius 1 is 1.24 bits per heavy atom. The van der Waals surface area contributed by atoms with Crippen molar-refractivity contribution in [3.63, 3.8) is 0 Å². The van der Waals surface area contributed by atoms with Crippen LogP contribution in [-0.2, 0) is 23.5 Å². The molecule has 2 aromatic heterocycles. The monoisotopic (exact) mass is 360 g/mol. The molecule has 1 aromatic carbocycles. The molecule has 0 amide bonds. The summed E-state index contributed by atoms with van der Waals surface area (Å²) in [5, 5.41) is 4.18. The van der Waals surface area contributed by atoms with Gasteiger partial charge in [0.1, 0.15) is 16.2 Å². The molecule has 2 heterocycles. The first-order chi connectivity index (χ1) is 11.8. The number of benzene rings is 1. The highest BCUT2D eigenvalue weighted by atomic mass is 32.2. The van der Waals surface area contributed by atoms with Crippen LogP contribution in [0.3, 0.4) is 0 Å². The molecule has 1 N–H and O–H groups in total. The molecule has 0 aliphatic carbocycles. The van der Waals surface area contributed by atoms with Gasteiger partial charge in [0.2, 0.25) is 10.0 Å². The summed E-state index contributed by atoms with van der Waals surface area (Å²) in [4.78, 5) is 12.3. The summed E-state index contributed by atoms with van der Waals surface area (Å²) < 4.78 is 30.9. The first kappa shape index (κ1) is 17.4. The van der Waals surface area contributed by atoms with E-state index in [9.17, 15) is 13.2 Å². The van der Waals surface area contributed by atoms with Crippen LogP contribution in [0.2, 0.25) is 0 Å². The van der Waals surface area contributed by atoms with Crippen molar-refractivity contribution in [2.45, 2.75) is 31.2 Å². The van der Waals surface area contributed by atoms with Gasteiger partial charge in [0.15, 0.2) is 0 Å². The summed E-state index contributed by atoms with van der Waals surface area (Å²) in [6.45, 7) is 3.68. The maximum atomic E-state index is 12.7. The molecule has 1 atom stereocenters. The Balaban J connectivity index is 2.03. The Morgan fingerprint density at radius 3 is 2.56 bits per heavy atom. The Labute approximate surface area is 146 Å². The molecule has 8 heteroatoms. The van der Waals surface area contributed by atoms with E-state index in [-0.39, 0.29) is 16.5 Å². The van der Waals surface area contributed by atoms with Crippen LogP contribution >= 0.6 is 0 Å². The summed E-state index contributed by atoms with van der Waals surface area (Å²) >= 11 is 0. The van der Waals surface area contributed by atoms with Crippen LogP contribution in [0.25, 0.3) is 5.52 Å². The number of hydrogen-bond donors (Lipinski definition) is 1. The van der Waals surface area contributed by atoms with Crippen molar-refractivity contribution in [3.05, 3.63) is 64.3 Å². The fourth-order valence-electron chi connectivity index (χ4n) is 2.75. The topological polar surface area (TPSA) is 85.5 Å². The molecule has 0 spiro atoms. The number of sulfonamides is 1. The zero-order chi connectivity index (χ0) is 18.2. The van der Waals surface area contributed by atoms with Crippen molar-refractivity contribution in [2.24, 2.45) is 7.05 Å². The molecule has 0 unspecified atom stereocenters. The van der Waals surface area contributed by atoms with E-state index in [1.807, 2.05) is 37.3 Å².